The molecule has 0 aliphatic heterocycles. The van der Waals surface area contributed by atoms with Crippen LogP contribution in [-0.2, 0) is 11.3 Å². The van der Waals surface area contributed by atoms with Crippen LogP contribution in [-0.4, -0.2) is 37.1 Å². The third-order valence-electron chi connectivity index (χ3n) is 3.18. The van der Waals surface area contributed by atoms with Gasteiger partial charge in [0.1, 0.15) is 0 Å². The smallest absolute Gasteiger partial charge is 0.251 e. The van der Waals surface area contributed by atoms with Crippen molar-refractivity contribution in [2.75, 3.05) is 20.3 Å². The zero-order chi connectivity index (χ0) is 16.5. The maximum atomic E-state index is 12.2. The SMILES string of the molecule is COCCNC(=O)c1cccc(C(=O)NCc2ccncc2)c1. The van der Waals surface area contributed by atoms with Crippen LogP contribution in [0.15, 0.2) is 48.8 Å². The Morgan fingerprint density at radius 2 is 1.70 bits per heavy atom. The molecule has 0 spiro atoms. The van der Waals surface area contributed by atoms with E-state index < -0.39 is 0 Å². The number of benzene rings is 1. The molecule has 6 heteroatoms. The lowest BCUT2D eigenvalue weighted by Gasteiger charge is -2.08. The number of carbonyl (C=O) groups excluding carboxylic acids is 2. The maximum Gasteiger partial charge on any atom is 0.251 e. The Balaban J connectivity index is 1.95. The molecular formula is C17H19N3O3. The number of nitrogens with one attached hydrogen (secondary N) is 2. The van der Waals surface area contributed by atoms with E-state index in [4.69, 9.17) is 4.74 Å². The lowest BCUT2D eigenvalue weighted by atomic mass is 10.1. The lowest BCUT2D eigenvalue weighted by Crippen LogP contribution is -2.27. The van der Waals surface area contributed by atoms with E-state index in [2.05, 4.69) is 15.6 Å². The Bertz CT molecular complexity index is 659. The molecule has 0 aliphatic carbocycles. The van der Waals surface area contributed by atoms with Crippen molar-refractivity contribution in [1.82, 2.24) is 15.6 Å². The summed E-state index contributed by atoms with van der Waals surface area (Å²) in [4.78, 5) is 28.1. The molecular weight excluding hydrogens is 294 g/mol. The van der Waals surface area contributed by atoms with Gasteiger partial charge < -0.3 is 15.4 Å². The normalized spacial score (nSPS) is 10.1. The Hall–Kier alpha value is -2.73. The summed E-state index contributed by atoms with van der Waals surface area (Å²) >= 11 is 0. The number of hydrogen-bond donors (Lipinski definition) is 2. The van der Waals surface area contributed by atoms with Crippen LogP contribution in [0.4, 0.5) is 0 Å². The highest BCUT2D eigenvalue weighted by Gasteiger charge is 2.10. The molecule has 0 unspecified atom stereocenters. The second-order valence-electron chi connectivity index (χ2n) is 4.87. The highest BCUT2D eigenvalue weighted by molar-refractivity contribution is 5.99. The van der Waals surface area contributed by atoms with E-state index in [1.807, 2.05) is 12.1 Å². The van der Waals surface area contributed by atoms with Crippen LogP contribution in [0.5, 0.6) is 0 Å². The number of nitrogens with zero attached hydrogens (tertiary/aromatic N) is 1. The van der Waals surface area contributed by atoms with Crippen molar-refractivity contribution in [2.45, 2.75) is 6.54 Å². The van der Waals surface area contributed by atoms with E-state index in [1.54, 1.807) is 43.8 Å². The highest BCUT2D eigenvalue weighted by atomic mass is 16.5. The Morgan fingerprint density at radius 1 is 1.04 bits per heavy atom. The molecule has 0 radical (unpaired) electrons. The number of ether oxygens (including phenoxy) is 1. The number of pyridine rings is 1. The predicted octanol–water partition coefficient (Wildman–Crippen LogP) is 1.39. The molecule has 1 aromatic heterocycles. The summed E-state index contributed by atoms with van der Waals surface area (Å²) in [5.41, 5.74) is 1.85. The molecule has 0 aliphatic rings. The largest absolute Gasteiger partial charge is 0.383 e. The Labute approximate surface area is 134 Å². The van der Waals surface area contributed by atoms with Crippen molar-refractivity contribution in [1.29, 1.82) is 0 Å². The number of carbonyl (C=O) groups is 2. The molecule has 0 atom stereocenters. The molecule has 2 aromatic rings. The molecule has 0 bridgehead atoms. The van der Waals surface area contributed by atoms with Gasteiger partial charge in [0, 0.05) is 43.7 Å². The minimum absolute atomic E-state index is 0.228. The summed E-state index contributed by atoms with van der Waals surface area (Å²) in [6, 6.07) is 10.3. The average molecular weight is 313 g/mol. The molecule has 2 N–H and O–H groups in total. The topological polar surface area (TPSA) is 80.3 Å². The van der Waals surface area contributed by atoms with Crippen molar-refractivity contribution in [3.63, 3.8) is 0 Å². The molecule has 2 amide bonds. The fourth-order valence-electron chi connectivity index (χ4n) is 1.96. The summed E-state index contributed by atoms with van der Waals surface area (Å²) in [6.07, 6.45) is 3.35. The molecule has 1 aromatic carbocycles. The van der Waals surface area contributed by atoms with Gasteiger partial charge in [0.2, 0.25) is 0 Å². The Morgan fingerprint density at radius 3 is 2.35 bits per heavy atom. The van der Waals surface area contributed by atoms with Crippen molar-refractivity contribution < 1.29 is 14.3 Å². The third-order valence-corrected chi connectivity index (χ3v) is 3.18. The van der Waals surface area contributed by atoms with Gasteiger partial charge in [0.15, 0.2) is 0 Å². The predicted molar refractivity (Wildman–Crippen MR) is 86.1 cm³/mol. The molecule has 120 valence electrons. The molecule has 0 fully saturated rings. The second-order valence-corrected chi connectivity index (χ2v) is 4.87. The second kappa shape index (κ2) is 8.65. The van der Waals surface area contributed by atoms with Crippen LogP contribution in [0.25, 0.3) is 0 Å². The van der Waals surface area contributed by atoms with Gasteiger partial charge >= 0.3 is 0 Å². The summed E-state index contributed by atoms with van der Waals surface area (Å²) in [7, 11) is 1.57. The third kappa shape index (κ3) is 5.19. The van der Waals surface area contributed by atoms with Crippen molar-refractivity contribution in [3.8, 4) is 0 Å². The Kier molecular flexibility index (Phi) is 6.26. The van der Waals surface area contributed by atoms with Crippen LogP contribution in [0.1, 0.15) is 26.3 Å². The molecule has 1 heterocycles. The number of amides is 2. The van der Waals surface area contributed by atoms with Gasteiger partial charge in [-0.25, -0.2) is 0 Å². The van der Waals surface area contributed by atoms with E-state index in [-0.39, 0.29) is 11.8 Å². The minimum atomic E-state index is -0.231. The van der Waals surface area contributed by atoms with Crippen LogP contribution in [0.2, 0.25) is 0 Å². The van der Waals surface area contributed by atoms with Gasteiger partial charge in [-0.1, -0.05) is 6.07 Å². The molecule has 23 heavy (non-hydrogen) atoms. The minimum Gasteiger partial charge on any atom is -0.383 e. The number of rotatable bonds is 7. The first-order valence-corrected chi connectivity index (χ1v) is 7.25. The lowest BCUT2D eigenvalue weighted by molar-refractivity contribution is 0.0937. The van der Waals surface area contributed by atoms with Gasteiger partial charge in [-0.15, -0.1) is 0 Å². The fourth-order valence-corrected chi connectivity index (χ4v) is 1.96. The first kappa shape index (κ1) is 16.6. The van der Waals surface area contributed by atoms with E-state index in [1.165, 1.54) is 0 Å². The van der Waals surface area contributed by atoms with E-state index in [0.717, 1.165) is 5.56 Å². The number of methoxy groups -OCH3 is 1. The van der Waals surface area contributed by atoms with Crippen LogP contribution in [0.3, 0.4) is 0 Å². The quantitative estimate of drug-likeness (QED) is 0.757. The van der Waals surface area contributed by atoms with Gasteiger partial charge in [-0.3, -0.25) is 14.6 Å². The molecule has 0 saturated heterocycles. The number of aromatic nitrogens is 1. The van der Waals surface area contributed by atoms with Crippen molar-refractivity contribution in [2.24, 2.45) is 0 Å². The van der Waals surface area contributed by atoms with Crippen LogP contribution >= 0.6 is 0 Å². The zero-order valence-corrected chi connectivity index (χ0v) is 12.9. The fraction of sp³-hybridized carbons (Fsp3) is 0.235. The van der Waals surface area contributed by atoms with Crippen LogP contribution < -0.4 is 10.6 Å². The summed E-state index contributed by atoms with van der Waals surface area (Å²) in [5.74, 6) is -0.459. The number of hydrogen-bond acceptors (Lipinski definition) is 4. The van der Waals surface area contributed by atoms with Crippen molar-refractivity contribution >= 4 is 11.8 Å². The van der Waals surface area contributed by atoms with Crippen LogP contribution in [0, 0.1) is 0 Å². The van der Waals surface area contributed by atoms with Gasteiger partial charge in [0.05, 0.1) is 6.61 Å². The monoisotopic (exact) mass is 313 g/mol. The van der Waals surface area contributed by atoms with Gasteiger partial charge in [0.25, 0.3) is 11.8 Å². The summed E-state index contributed by atoms with van der Waals surface area (Å²) in [5, 5.41) is 5.54. The molecule has 6 nitrogen and oxygen atoms in total. The van der Waals surface area contributed by atoms with E-state index in [0.29, 0.717) is 30.8 Å². The first-order chi connectivity index (χ1) is 11.2. The molecule has 2 rings (SSSR count). The van der Waals surface area contributed by atoms with Gasteiger partial charge in [-0.05, 0) is 35.9 Å². The maximum absolute atomic E-state index is 12.2. The highest BCUT2D eigenvalue weighted by Crippen LogP contribution is 2.06. The van der Waals surface area contributed by atoms with Crippen molar-refractivity contribution in [3.05, 3.63) is 65.5 Å². The standard InChI is InChI=1S/C17H19N3O3/c1-23-10-9-19-16(21)14-3-2-4-15(11-14)17(22)20-12-13-5-7-18-8-6-13/h2-8,11H,9-10,12H2,1H3,(H,19,21)(H,20,22). The summed E-state index contributed by atoms with van der Waals surface area (Å²) in [6.45, 7) is 1.28. The first-order valence-electron chi connectivity index (χ1n) is 7.25. The summed E-state index contributed by atoms with van der Waals surface area (Å²) < 4.78 is 4.88. The molecule has 0 saturated carbocycles. The zero-order valence-electron chi connectivity index (χ0n) is 12.9. The van der Waals surface area contributed by atoms with Gasteiger partial charge in [-0.2, -0.15) is 0 Å². The van der Waals surface area contributed by atoms with E-state index >= 15 is 0 Å². The average Bonchev–Trinajstić information content (AvgIpc) is 2.61. The van der Waals surface area contributed by atoms with E-state index in [9.17, 15) is 9.59 Å².